The Morgan fingerprint density at radius 3 is 2.18 bits per heavy atom. The second kappa shape index (κ2) is 8.10. The van der Waals surface area contributed by atoms with E-state index in [1.54, 1.807) is 6.92 Å². The van der Waals surface area contributed by atoms with Gasteiger partial charge in [-0.15, -0.1) is 0 Å². The molecule has 5 nitrogen and oxygen atoms in total. The Kier molecular flexibility index (Phi) is 6.42. The average molecular weight is 435 g/mol. The number of carbonyl (C=O) groups excluding carboxylic acids is 1. The Morgan fingerprint density at radius 2 is 1.68 bits per heavy atom. The number of nitrogens with one attached hydrogen (secondary N) is 1. The molecule has 1 N–H and O–H groups in total. The molecule has 0 saturated carbocycles. The van der Waals surface area contributed by atoms with Gasteiger partial charge in [-0.1, -0.05) is 23.7 Å². The van der Waals surface area contributed by atoms with Crippen LogP contribution in [0.15, 0.2) is 47.4 Å². The van der Waals surface area contributed by atoms with E-state index in [4.69, 9.17) is 11.6 Å². The van der Waals surface area contributed by atoms with E-state index in [1.165, 1.54) is 38.4 Å². The van der Waals surface area contributed by atoms with E-state index in [-0.39, 0.29) is 15.5 Å². The summed E-state index contributed by atoms with van der Waals surface area (Å²) in [5.74, 6) is -0.584. The summed E-state index contributed by atoms with van der Waals surface area (Å²) in [7, 11) is -1.17. The van der Waals surface area contributed by atoms with Crippen molar-refractivity contribution in [3.63, 3.8) is 0 Å². The second-order valence-electron chi connectivity index (χ2n) is 6.25. The number of rotatable bonds is 5. The number of carbonyl (C=O) groups is 1. The van der Waals surface area contributed by atoms with E-state index in [2.05, 4.69) is 5.32 Å². The maximum absolute atomic E-state index is 12.6. The van der Waals surface area contributed by atoms with Crippen LogP contribution >= 0.6 is 11.6 Å². The first-order valence-corrected chi connectivity index (χ1v) is 9.86. The van der Waals surface area contributed by atoms with Crippen molar-refractivity contribution in [2.45, 2.75) is 24.0 Å². The van der Waals surface area contributed by atoms with Crippen LogP contribution in [0.5, 0.6) is 0 Å². The summed E-state index contributed by atoms with van der Waals surface area (Å²) in [6.07, 6.45) is -4.44. The first-order chi connectivity index (χ1) is 12.8. The molecule has 0 spiro atoms. The van der Waals surface area contributed by atoms with Crippen molar-refractivity contribution in [3.8, 4) is 0 Å². The summed E-state index contributed by atoms with van der Waals surface area (Å²) in [5.41, 5.74) is -0.258. The fraction of sp³-hybridized carbons (Fsp3) is 0.278. The molecule has 0 heterocycles. The van der Waals surface area contributed by atoms with Gasteiger partial charge in [0, 0.05) is 19.7 Å². The van der Waals surface area contributed by atoms with Crippen LogP contribution in [-0.2, 0) is 16.2 Å². The zero-order valence-electron chi connectivity index (χ0n) is 15.2. The number of nitrogens with zero attached hydrogens (tertiary/aromatic N) is 1. The second-order valence-corrected chi connectivity index (χ2v) is 8.78. The maximum atomic E-state index is 12.6. The van der Waals surface area contributed by atoms with Crippen molar-refractivity contribution in [1.82, 2.24) is 9.62 Å². The van der Waals surface area contributed by atoms with E-state index in [0.717, 1.165) is 22.5 Å². The minimum Gasteiger partial charge on any atom is -0.346 e. The minimum absolute atomic E-state index is 0.0268. The Labute approximate surface area is 166 Å². The number of hydrogen-bond acceptors (Lipinski definition) is 3. The lowest BCUT2D eigenvalue weighted by atomic mass is 10.1. The Balaban J connectivity index is 2.23. The van der Waals surface area contributed by atoms with E-state index in [9.17, 15) is 26.4 Å². The summed E-state index contributed by atoms with van der Waals surface area (Å²) < 4.78 is 63.5. The van der Waals surface area contributed by atoms with E-state index < -0.39 is 33.7 Å². The zero-order valence-corrected chi connectivity index (χ0v) is 16.8. The number of hydrogen-bond donors (Lipinski definition) is 1. The molecule has 0 aliphatic rings. The van der Waals surface area contributed by atoms with E-state index in [0.29, 0.717) is 5.56 Å². The third kappa shape index (κ3) is 4.84. The lowest BCUT2D eigenvalue weighted by Crippen LogP contribution is -2.27. The monoisotopic (exact) mass is 434 g/mol. The first kappa shape index (κ1) is 22.2. The molecule has 1 amide bonds. The van der Waals surface area contributed by atoms with Crippen molar-refractivity contribution in [3.05, 3.63) is 64.2 Å². The van der Waals surface area contributed by atoms with E-state index in [1.807, 2.05) is 0 Å². The van der Waals surface area contributed by atoms with Crippen LogP contribution in [0.4, 0.5) is 13.2 Å². The Morgan fingerprint density at radius 1 is 1.11 bits per heavy atom. The van der Waals surface area contributed by atoms with Crippen molar-refractivity contribution in [1.29, 1.82) is 0 Å². The van der Waals surface area contributed by atoms with Gasteiger partial charge in [0.05, 0.1) is 16.6 Å². The van der Waals surface area contributed by atoms with Gasteiger partial charge in [0.2, 0.25) is 10.0 Å². The average Bonchev–Trinajstić information content (AvgIpc) is 2.61. The molecule has 0 aliphatic heterocycles. The molecule has 2 aromatic carbocycles. The van der Waals surface area contributed by atoms with Gasteiger partial charge in [0.25, 0.3) is 5.91 Å². The van der Waals surface area contributed by atoms with Crippen molar-refractivity contribution in [2.24, 2.45) is 0 Å². The van der Waals surface area contributed by atoms with Crippen LogP contribution in [0, 0.1) is 0 Å². The van der Waals surface area contributed by atoms with Gasteiger partial charge in [-0.2, -0.15) is 13.2 Å². The van der Waals surface area contributed by atoms with Crippen LogP contribution in [0.3, 0.4) is 0 Å². The maximum Gasteiger partial charge on any atom is 0.416 e. The fourth-order valence-corrected chi connectivity index (χ4v) is 3.76. The standard InChI is InChI=1S/C18H18ClF3N2O3S/c1-11(12-4-7-14(8-5-12)18(20,21)22)23-17(25)13-6-9-15(19)16(10-13)28(26,27)24(2)3/h4-11H,1-3H3,(H,23,25). The molecule has 0 bridgehead atoms. The molecule has 1 atom stereocenters. The summed E-state index contributed by atoms with van der Waals surface area (Å²) in [5, 5.41) is 2.60. The lowest BCUT2D eigenvalue weighted by molar-refractivity contribution is -0.137. The first-order valence-electron chi connectivity index (χ1n) is 8.04. The highest BCUT2D eigenvalue weighted by Crippen LogP contribution is 2.30. The molecule has 0 radical (unpaired) electrons. The number of amides is 1. The van der Waals surface area contributed by atoms with Gasteiger partial charge in [-0.05, 0) is 42.8 Å². The molecule has 2 aromatic rings. The molecule has 0 saturated heterocycles. The predicted octanol–water partition coefficient (Wildman–Crippen LogP) is 4.10. The van der Waals surface area contributed by atoms with Gasteiger partial charge in [-0.3, -0.25) is 4.79 Å². The van der Waals surface area contributed by atoms with E-state index >= 15 is 0 Å². The van der Waals surface area contributed by atoms with Gasteiger partial charge in [-0.25, -0.2) is 12.7 Å². The molecule has 10 heteroatoms. The number of sulfonamides is 1. The summed E-state index contributed by atoms with van der Waals surface area (Å²) >= 11 is 5.95. The van der Waals surface area contributed by atoms with Crippen LogP contribution < -0.4 is 5.32 Å². The Bertz CT molecular complexity index is 975. The number of alkyl halides is 3. The number of halogens is 4. The van der Waals surface area contributed by atoms with Gasteiger partial charge >= 0.3 is 6.18 Å². The molecule has 0 aliphatic carbocycles. The quantitative estimate of drug-likeness (QED) is 0.770. The van der Waals surface area contributed by atoms with Crippen LogP contribution in [0.25, 0.3) is 0 Å². The third-order valence-corrected chi connectivity index (χ3v) is 6.33. The molecule has 152 valence electrons. The zero-order chi connectivity index (χ0) is 21.3. The summed E-state index contributed by atoms with van der Waals surface area (Å²) in [4.78, 5) is 12.3. The third-order valence-electron chi connectivity index (χ3n) is 4.04. The van der Waals surface area contributed by atoms with Gasteiger partial charge < -0.3 is 5.32 Å². The van der Waals surface area contributed by atoms with Crippen LogP contribution in [0.2, 0.25) is 5.02 Å². The molecule has 0 aromatic heterocycles. The van der Waals surface area contributed by atoms with Gasteiger partial charge in [0.15, 0.2) is 0 Å². The number of benzene rings is 2. The normalized spacial score (nSPS) is 13.4. The highest BCUT2D eigenvalue weighted by atomic mass is 35.5. The largest absolute Gasteiger partial charge is 0.416 e. The highest BCUT2D eigenvalue weighted by molar-refractivity contribution is 7.89. The highest BCUT2D eigenvalue weighted by Gasteiger charge is 2.30. The van der Waals surface area contributed by atoms with Crippen molar-refractivity contribution < 1.29 is 26.4 Å². The summed E-state index contributed by atoms with van der Waals surface area (Å²) in [6.45, 7) is 1.61. The predicted molar refractivity (Wildman–Crippen MR) is 99.7 cm³/mol. The topological polar surface area (TPSA) is 66.5 Å². The minimum atomic E-state index is -4.44. The summed E-state index contributed by atoms with van der Waals surface area (Å²) in [6, 6.07) is 7.65. The molecule has 1 unspecified atom stereocenters. The van der Waals surface area contributed by atoms with Crippen molar-refractivity contribution >= 4 is 27.5 Å². The van der Waals surface area contributed by atoms with Crippen LogP contribution in [-0.4, -0.2) is 32.7 Å². The Hall–Kier alpha value is -2.10. The van der Waals surface area contributed by atoms with Crippen molar-refractivity contribution in [2.75, 3.05) is 14.1 Å². The molecular weight excluding hydrogens is 417 g/mol. The fourth-order valence-electron chi connectivity index (χ4n) is 2.36. The smallest absolute Gasteiger partial charge is 0.346 e. The SMILES string of the molecule is CC(NC(=O)c1ccc(Cl)c(S(=O)(=O)N(C)C)c1)c1ccc(C(F)(F)F)cc1. The van der Waals surface area contributed by atoms with Gasteiger partial charge in [0.1, 0.15) is 4.90 Å². The molecule has 0 fully saturated rings. The van der Waals surface area contributed by atoms with Crippen LogP contribution in [0.1, 0.15) is 34.5 Å². The molecule has 2 rings (SSSR count). The molecular formula is C18H18ClF3N2O3S. The molecule has 28 heavy (non-hydrogen) atoms. The lowest BCUT2D eigenvalue weighted by Gasteiger charge is -2.17.